The molecule has 162 valence electrons. The van der Waals surface area contributed by atoms with Gasteiger partial charge in [0.1, 0.15) is 9.48 Å². The third-order valence-electron chi connectivity index (χ3n) is 4.81. The fraction of sp³-hybridized carbons (Fsp3) is 0.200. The second-order valence-electron chi connectivity index (χ2n) is 6.83. The number of carboxylic acid groups (broad SMARTS) is 1. The summed E-state index contributed by atoms with van der Waals surface area (Å²) in [5.74, 6) is -0.530. The average molecular weight is 498 g/mol. The Morgan fingerprint density at radius 1 is 1.19 bits per heavy atom. The van der Waals surface area contributed by atoms with Gasteiger partial charge in [-0.25, -0.2) is 13.2 Å². The summed E-state index contributed by atoms with van der Waals surface area (Å²) in [6.45, 7) is 1.04. The lowest BCUT2D eigenvalue weighted by molar-refractivity contribution is 0.0698. The highest BCUT2D eigenvalue weighted by Gasteiger charge is 2.33. The van der Waals surface area contributed by atoms with Crippen LogP contribution in [0.2, 0.25) is 10.0 Å². The topological polar surface area (TPSA) is 108 Å². The van der Waals surface area contributed by atoms with E-state index in [0.717, 1.165) is 6.54 Å². The normalized spacial score (nSPS) is 16.9. The molecule has 1 aromatic heterocycles. The van der Waals surface area contributed by atoms with E-state index in [1.807, 2.05) is 0 Å². The van der Waals surface area contributed by atoms with Crippen molar-refractivity contribution in [3.63, 3.8) is 0 Å². The number of rotatable bonds is 5. The quantitative estimate of drug-likeness (QED) is 0.475. The zero-order chi connectivity index (χ0) is 22.2. The summed E-state index contributed by atoms with van der Waals surface area (Å²) in [7, 11) is -3.80. The van der Waals surface area contributed by atoms with Crippen molar-refractivity contribution in [1.82, 2.24) is 10.3 Å². The van der Waals surface area contributed by atoms with Gasteiger partial charge in [0.15, 0.2) is 9.84 Å². The van der Waals surface area contributed by atoms with Crippen LogP contribution in [-0.4, -0.2) is 47.9 Å². The highest BCUT2D eigenvalue weighted by Crippen LogP contribution is 2.38. The summed E-state index contributed by atoms with van der Waals surface area (Å²) in [6.07, 6.45) is 1.30. The lowest BCUT2D eigenvalue weighted by atomic mass is 10.1. The number of pyridine rings is 1. The summed E-state index contributed by atoms with van der Waals surface area (Å²) in [5.41, 5.74) is 0.862. The number of nitrogens with zero attached hydrogens (tertiary/aromatic N) is 1. The number of carbonyl (C=O) groups is 1. The van der Waals surface area contributed by atoms with Gasteiger partial charge in [0.25, 0.3) is 0 Å². The van der Waals surface area contributed by atoms with E-state index in [9.17, 15) is 18.3 Å². The van der Waals surface area contributed by atoms with Crippen molar-refractivity contribution in [3.05, 3.63) is 58.2 Å². The van der Waals surface area contributed by atoms with Crippen molar-refractivity contribution in [2.45, 2.75) is 9.48 Å². The highest BCUT2D eigenvalue weighted by atomic mass is 35.5. The van der Waals surface area contributed by atoms with Crippen LogP contribution in [-0.2, 0) is 9.84 Å². The van der Waals surface area contributed by atoms with Crippen molar-refractivity contribution >= 4 is 73.0 Å². The molecule has 4 rings (SSSR count). The number of halogens is 2. The number of anilines is 2. The van der Waals surface area contributed by atoms with Crippen LogP contribution in [0.25, 0.3) is 10.9 Å². The molecule has 2 aromatic carbocycles. The number of aromatic nitrogens is 1. The predicted octanol–water partition coefficient (Wildman–Crippen LogP) is 4.42. The molecule has 1 aliphatic heterocycles. The molecule has 31 heavy (non-hydrogen) atoms. The van der Waals surface area contributed by atoms with E-state index in [1.165, 1.54) is 36.2 Å². The van der Waals surface area contributed by atoms with E-state index >= 15 is 0 Å². The van der Waals surface area contributed by atoms with Gasteiger partial charge < -0.3 is 15.7 Å². The minimum absolute atomic E-state index is 0.0187. The van der Waals surface area contributed by atoms with E-state index in [4.69, 9.17) is 23.2 Å². The Morgan fingerprint density at radius 2 is 1.94 bits per heavy atom. The van der Waals surface area contributed by atoms with Crippen LogP contribution in [0.1, 0.15) is 10.4 Å². The molecule has 1 fully saturated rings. The Bertz CT molecular complexity index is 1280. The number of aromatic carboxylic acids is 1. The molecule has 3 aromatic rings. The van der Waals surface area contributed by atoms with Gasteiger partial charge in [-0.15, -0.1) is 11.8 Å². The lowest BCUT2D eigenvalue weighted by Crippen LogP contribution is -2.37. The number of hydrogen-bond donors (Lipinski definition) is 3. The highest BCUT2D eigenvalue weighted by molar-refractivity contribution is 8.13. The largest absolute Gasteiger partial charge is 0.478 e. The van der Waals surface area contributed by atoms with E-state index in [2.05, 4.69) is 15.6 Å². The van der Waals surface area contributed by atoms with Crippen molar-refractivity contribution in [3.8, 4) is 0 Å². The molecule has 0 spiro atoms. The number of hydrogen-bond acceptors (Lipinski definition) is 7. The molecular formula is C20H17Cl2N3O4S2. The molecule has 1 atom stereocenters. The van der Waals surface area contributed by atoms with Crippen molar-refractivity contribution < 1.29 is 18.3 Å². The van der Waals surface area contributed by atoms with Crippen LogP contribution >= 0.6 is 35.0 Å². The van der Waals surface area contributed by atoms with E-state index in [1.54, 1.807) is 18.2 Å². The molecule has 0 radical (unpaired) electrons. The van der Waals surface area contributed by atoms with Gasteiger partial charge in [0, 0.05) is 40.5 Å². The fourth-order valence-corrected chi connectivity index (χ4v) is 7.00. The lowest BCUT2D eigenvalue weighted by Gasteiger charge is -2.24. The smallest absolute Gasteiger partial charge is 0.337 e. The molecule has 3 N–H and O–H groups in total. The molecule has 0 aliphatic carbocycles. The SMILES string of the molecule is O=C(O)c1cc(Cl)ccc1Nc1c(S(=O)(=O)C2CNCCS2)cnc2ccc(Cl)cc12. The van der Waals surface area contributed by atoms with Gasteiger partial charge >= 0.3 is 5.97 Å². The number of nitrogens with one attached hydrogen (secondary N) is 2. The van der Waals surface area contributed by atoms with Gasteiger partial charge in [-0.05, 0) is 36.4 Å². The Labute approximate surface area is 193 Å². The van der Waals surface area contributed by atoms with Crippen molar-refractivity contribution in [1.29, 1.82) is 0 Å². The first-order chi connectivity index (χ1) is 14.8. The van der Waals surface area contributed by atoms with Crippen LogP contribution in [0.15, 0.2) is 47.5 Å². The van der Waals surface area contributed by atoms with Gasteiger partial charge in [-0.3, -0.25) is 4.98 Å². The molecule has 11 heteroatoms. The minimum Gasteiger partial charge on any atom is -0.478 e. The molecular weight excluding hydrogens is 481 g/mol. The zero-order valence-corrected chi connectivity index (χ0v) is 19.1. The second-order valence-corrected chi connectivity index (χ2v) is 11.4. The van der Waals surface area contributed by atoms with Crippen LogP contribution in [0.3, 0.4) is 0 Å². The Morgan fingerprint density at radius 3 is 2.65 bits per heavy atom. The predicted molar refractivity (Wildman–Crippen MR) is 125 cm³/mol. The number of carboxylic acids is 1. The molecule has 7 nitrogen and oxygen atoms in total. The van der Waals surface area contributed by atoms with Crippen molar-refractivity contribution in [2.75, 3.05) is 24.2 Å². The van der Waals surface area contributed by atoms with Gasteiger partial charge in [0.2, 0.25) is 0 Å². The monoisotopic (exact) mass is 497 g/mol. The zero-order valence-electron chi connectivity index (χ0n) is 15.9. The average Bonchev–Trinajstić information content (AvgIpc) is 2.75. The summed E-state index contributed by atoms with van der Waals surface area (Å²) < 4.78 is 26.3. The summed E-state index contributed by atoms with van der Waals surface area (Å²) in [5, 5.41) is 16.8. The Balaban J connectivity index is 1.93. The van der Waals surface area contributed by atoms with Gasteiger partial charge in [0.05, 0.1) is 22.5 Å². The van der Waals surface area contributed by atoms with E-state index in [0.29, 0.717) is 28.2 Å². The molecule has 0 amide bonds. The summed E-state index contributed by atoms with van der Waals surface area (Å²) in [4.78, 5) is 16.0. The Hall–Kier alpha value is -2.04. The Kier molecular flexibility index (Phi) is 6.32. The minimum atomic E-state index is -3.80. The summed E-state index contributed by atoms with van der Waals surface area (Å²) in [6, 6.07) is 9.26. The van der Waals surface area contributed by atoms with Crippen LogP contribution in [0.4, 0.5) is 11.4 Å². The standard InChI is InChI=1S/C20H17Cl2N3O4S2/c21-11-1-3-15-13(7-11)19(25-16-4-2-12(22)8-14(16)20(26)27)17(9-24-15)31(28,29)18-10-23-5-6-30-18/h1-4,7-9,18,23H,5-6,10H2,(H,24,25)(H,26,27). The van der Waals surface area contributed by atoms with Crippen LogP contribution in [0.5, 0.6) is 0 Å². The van der Waals surface area contributed by atoms with Crippen LogP contribution in [0, 0.1) is 0 Å². The van der Waals surface area contributed by atoms with E-state index < -0.39 is 20.4 Å². The number of benzene rings is 2. The maximum absolute atomic E-state index is 13.5. The summed E-state index contributed by atoms with van der Waals surface area (Å²) >= 11 is 13.5. The molecule has 0 bridgehead atoms. The first kappa shape index (κ1) is 22.2. The first-order valence-electron chi connectivity index (χ1n) is 9.22. The molecule has 1 aliphatic rings. The molecule has 0 saturated carbocycles. The van der Waals surface area contributed by atoms with Crippen molar-refractivity contribution in [2.24, 2.45) is 0 Å². The first-order valence-corrected chi connectivity index (χ1v) is 12.6. The molecule has 1 saturated heterocycles. The molecule has 2 heterocycles. The second kappa shape index (κ2) is 8.84. The third-order valence-corrected chi connectivity index (χ3v) is 9.21. The number of thioether (sulfide) groups is 1. The van der Waals surface area contributed by atoms with E-state index in [-0.39, 0.29) is 26.9 Å². The van der Waals surface area contributed by atoms with Crippen LogP contribution < -0.4 is 10.6 Å². The third kappa shape index (κ3) is 4.47. The number of fused-ring (bicyclic) bond motifs is 1. The number of sulfone groups is 1. The van der Waals surface area contributed by atoms with Gasteiger partial charge in [-0.1, -0.05) is 23.2 Å². The fourth-order valence-electron chi connectivity index (χ4n) is 3.31. The molecule has 1 unspecified atom stereocenters. The van der Waals surface area contributed by atoms with Gasteiger partial charge in [-0.2, -0.15) is 0 Å². The maximum Gasteiger partial charge on any atom is 0.337 e. The maximum atomic E-state index is 13.5.